The zero-order chi connectivity index (χ0) is 15.6. The number of hydrogen-bond donors (Lipinski definition) is 2. The van der Waals surface area contributed by atoms with Crippen LogP contribution in [0.3, 0.4) is 0 Å². The highest BCUT2D eigenvalue weighted by Crippen LogP contribution is 2.05. The number of amides is 2. The standard InChI is InChI=1S/C18H24N2O2/c1-15(11-12-17-10-6-14-22-17)20-18(21)19-13-5-9-16-7-3-2-4-8-16/h2-4,6-8,10,14-15H,5,9,11-13H2,1H3,(H2,19,20,21)/t15-/m0/s1. The van der Waals surface area contributed by atoms with E-state index in [1.54, 1.807) is 6.26 Å². The predicted octanol–water partition coefficient (Wildman–Crippen LogP) is 3.53. The molecule has 2 amide bonds. The van der Waals surface area contributed by atoms with Crippen LogP contribution in [0.5, 0.6) is 0 Å². The minimum absolute atomic E-state index is 0.0972. The third-order valence-electron chi connectivity index (χ3n) is 3.55. The minimum Gasteiger partial charge on any atom is -0.469 e. The van der Waals surface area contributed by atoms with Crippen molar-refractivity contribution in [3.8, 4) is 0 Å². The summed E-state index contributed by atoms with van der Waals surface area (Å²) in [6.07, 6.45) is 5.30. The lowest BCUT2D eigenvalue weighted by molar-refractivity contribution is 0.237. The summed E-state index contributed by atoms with van der Waals surface area (Å²) in [6, 6.07) is 14.2. The number of carbonyl (C=O) groups excluding carboxylic acids is 1. The average Bonchev–Trinajstić information content (AvgIpc) is 3.04. The van der Waals surface area contributed by atoms with E-state index < -0.39 is 0 Å². The Hall–Kier alpha value is -2.23. The maximum absolute atomic E-state index is 11.8. The molecule has 0 fully saturated rings. The van der Waals surface area contributed by atoms with E-state index in [9.17, 15) is 4.79 Å². The van der Waals surface area contributed by atoms with Gasteiger partial charge < -0.3 is 15.1 Å². The lowest BCUT2D eigenvalue weighted by Crippen LogP contribution is -2.41. The number of benzene rings is 1. The maximum atomic E-state index is 11.8. The van der Waals surface area contributed by atoms with Gasteiger partial charge in [0.1, 0.15) is 5.76 Å². The van der Waals surface area contributed by atoms with Crippen LogP contribution in [-0.4, -0.2) is 18.6 Å². The molecule has 1 atom stereocenters. The molecule has 2 rings (SSSR count). The molecule has 4 nitrogen and oxygen atoms in total. The first kappa shape index (κ1) is 16.1. The van der Waals surface area contributed by atoms with Gasteiger partial charge in [0.2, 0.25) is 0 Å². The molecular formula is C18H24N2O2. The van der Waals surface area contributed by atoms with E-state index in [2.05, 4.69) is 22.8 Å². The molecule has 0 aliphatic carbocycles. The monoisotopic (exact) mass is 300 g/mol. The van der Waals surface area contributed by atoms with Crippen LogP contribution < -0.4 is 10.6 Å². The fraction of sp³-hybridized carbons (Fsp3) is 0.389. The van der Waals surface area contributed by atoms with Gasteiger partial charge in [0.15, 0.2) is 0 Å². The fourth-order valence-corrected chi connectivity index (χ4v) is 2.30. The molecule has 4 heteroatoms. The number of nitrogens with one attached hydrogen (secondary N) is 2. The van der Waals surface area contributed by atoms with Crippen molar-refractivity contribution in [1.82, 2.24) is 10.6 Å². The second kappa shape index (κ2) is 8.93. The first-order valence-electron chi connectivity index (χ1n) is 7.84. The molecule has 0 unspecified atom stereocenters. The number of hydrogen-bond acceptors (Lipinski definition) is 2. The summed E-state index contributed by atoms with van der Waals surface area (Å²) in [4.78, 5) is 11.8. The summed E-state index contributed by atoms with van der Waals surface area (Å²) in [7, 11) is 0. The third kappa shape index (κ3) is 6.04. The summed E-state index contributed by atoms with van der Waals surface area (Å²) in [5, 5.41) is 5.85. The van der Waals surface area contributed by atoms with Crippen molar-refractivity contribution in [2.75, 3.05) is 6.54 Å². The van der Waals surface area contributed by atoms with Crippen molar-refractivity contribution in [3.63, 3.8) is 0 Å². The fourth-order valence-electron chi connectivity index (χ4n) is 2.30. The van der Waals surface area contributed by atoms with Crippen LogP contribution in [-0.2, 0) is 12.8 Å². The highest BCUT2D eigenvalue weighted by Gasteiger charge is 2.07. The Morgan fingerprint density at radius 3 is 2.68 bits per heavy atom. The van der Waals surface area contributed by atoms with E-state index in [1.807, 2.05) is 37.3 Å². The Morgan fingerprint density at radius 2 is 1.95 bits per heavy atom. The van der Waals surface area contributed by atoms with Gasteiger partial charge in [0, 0.05) is 19.0 Å². The van der Waals surface area contributed by atoms with Gasteiger partial charge in [-0.1, -0.05) is 30.3 Å². The van der Waals surface area contributed by atoms with Crippen molar-refractivity contribution < 1.29 is 9.21 Å². The van der Waals surface area contributed by atoms with Crippen LogP contribution in [0.1, 0.15) is 31.1 Å². The summed E-state index contributed by atoms with van der Waals surface area (Å²) < 4.78 is 5.28. The van der Waals surface area contributed by atoms with Crippen LogP contribution in [0.2, 0.25) is 0 Å². The van der Waals surface area contributed by atoms with E-state index in [0.29, 0.717) is 6.54 Å². The third-order valence-corrected chi connectivity index (χ3v) is 3.55. The van der Waals surface area contributed by atoms with Crippen molar-refractivity contribution in [2.24, 2.45) is 0 Å². The number of carbonyl (C=O) groups is 1. The highest BCUT2D eigenvalue weighted by atomic mass is 16.3. The Balaban J connectivity index is 1.55. The van der Waals surface area contributed by atoms with Gasteiger partial charge in [-0.2, -0.15) is 0 Å². The highest BCUT2D eigenvalue weighted by molar-refractivity contribution is 5.74. The lowest BCUT2D eigenvalue weighted by atomic mass is 10.1. The zero-order valence-electron chi connectivity index (χ0n) is 13.0. The molecule has 0 saturated heterocycles. The SMILES string of the molecule is C[C@@H](CCc1ccco1)NC(=O)NCCCc1ccccc1. The first-order valence-corrected chi connectivity index (χ1v) is 7.84. The van der Waals surface area contributed by atoms with Crippen LogP contribution >= 0.6 is 0 Å². The van der Waals surface area contributed by atoms with Gasteiger partial charge in [0.25, 0.3) is 0 Å². The minimum atomic E-state index is -0.0972. The van der Waals surface area contributed by atoms with Crippen LogP contribution in [0.25, 0.3) is 0 Å². The van der Waals surface area contributed by atoms with E-state index in [4.69, 9.17) is 4.42 Å². The number of urea groups is 1. The molecule has 1 heterocycles. The Kier molecular flexibility index (Phi) is 6.55. The van der Waals surface area contributed by atoms with Crippen LogP contribution in [0.4, 0.5) is 4.79 Å². The molecule has 1 aromatic heterocycles. The summed E-state index contributed by atoms with van der Waals surface area (Å²) in [6.45, 7) is 2.69. The molecule has 0 aliphatic heterocycles. The number of furan rings is 1. The van der Waals surface area contributed by atoms with Gasteiger partial charge in [-0.15, -0.1) is 0 Å². The second-order valence-electron chi connectivity index (χ2n) is 5.51. The largest absolute Gasteiger partial charge is 0.469 e. The smallest absolute Gasteiger partial charge is 0.314 e. The summed E-state index contributed by atoms with van der Waals surface area (Å²) >= 11 is 0. The van der Waals surface area contributed by atoms with E-state index in [-0.39, 0.29) is 12.1 Å². The van der Waals surface area contributed by atoms with Gasteiger partial charge >= 0.3 is 6.03 Å². The van der Waals surface area contributed by atoms with E-state index in [0.717, 1.165) is 31.4 Å². The molecule has 0 aliphatic rings. The molecule has 118 valence electrons. The van der Waals surface area contributed by atoms with Crippen molar-refractivity contribution in [3.05, 3.63) is 60.1 Å². The number of aryl methyl sites for hydroxylation is 2. The van der Waals surface area contributed by atoms with Crippen molar-refractivity contribution >= 4 is 6.03 Å². The molecule has 2 aromatic rings. The first-order chi connectivity index (χ1) is 10.7. The van der Waals surface area contributed by atoms with Gasteiger partial charge in [-0.25, -0.2) is 4.79 Å². The molecule has 0 spiro atoms. The van der Waals surface area contributed by atoms with Crippen molar-refractivity contribution in [2.45, 2.75) is 38.6 Å². The number of rotatable bonds is 8. The topological polar surface area (TPSA) is 54.3 Å². The normalized spacial score (nSPS) is 11.9. The molecule has 0 bridgehead atoms. The predicted molar refractivity (Wildman–Crippen MR) is 87.8 cm³/mol. The molecule has 2 N–H and O–H groups in total. The quantitative estimate of drug-likeness (QED) is 0.733. The van der Waals surface area contributed by atoms with Gasteiger partial charge in [-0.3, -0.25) is 0 Å². The Labute approximate surface area is 131 Å². The van der Waals surface area contributed by atoms with Crippen LogP contribution in [0.15, 0.2) is 53.1 Å². The maximum Gasteiger partial charge on any atom is 0.314 e. The molecule has 0 saturated carbocycles. The second-order valence-corrected chi connectivity index (χ2v) is 5.51. The molecule has 22 heavy (non-hydrogen) atoms. The summed E-state index contributed by atoms with van der Waals surface area (Å²) in [5.74, 6) is 0.955. The van der Waals surface area contributed by atoms with Crippen LogP contribution in [0, 0.1) is 0 Å². The molecule has 1 aromatic carbocycles. The van der Waals surface area contributed by atoms with Crippen molar-refractivity contribution in [1.29, 1.82) is 0 Å². The summed E-state index contributed by atoms with van der Waals surface area (Å²) in [5.41, 5.74) is 1.30. The van der Waals surface area contributed by atoms with Gasteiger partial charge in [0.05, 0.1) is 6.26 Å². The zero-order valence-corrected chi connectivity index (χ0v) is 13.0. The average molecular weight is 300 g/mol. The Bertz CT molecular complexity index is 537. The van der Waals surface area contributed by atoms with Gasteiger partial charge in [-0.05, 0) is 43.9 Å². The molecule has 0 radical (unpaired) electrons. The van der Waals surface area contributed by atoms with E-state index in [1.165, 1.54) is 5.56 Å². The Morgan fingerprint density at radius 1 is 1.14 bits per heavy atom. The van der Waals surface area contributed by atoms with E-state index >= 15 is 0 Å². The molecular weight excluding hydrogens is 276 g/mol. The lowest BCUT2D eigenvalue weighted by Gasteiger charge is -2.14.